The molecule has 1 atom stereocenters. The SMILES string of the molecule is CN1CCC(c2ncc3c(n2)CCN(C(=O)c2ccccc2-c2ccccc2)C3)C1. The normalized spacial score (nSPS) is 19.0. The number of benzene rings is 2. The van der Waals surface area contributed by atoms with Gasteiger partial charge in [0.15, 0.2) is 0 Å². The molecule has 1 aromatic heterocycles. The highest BCUT2D eigenvalue weighted by atomic mass is 16.2. The highest BCUT2D eigenvalue weighted by Gasteiger charge is 2.28. The Morgan fingerprint density at radius 2 is 1.83 bits per heavy atom. The van der Waals surface area contributed by atoms with Gasteiger partial charge in [-0.2, -0.15) is 0 Å². The third-order valence-corrected chi connectivity index (χ3v) is 6.24. The Bertz CT molecular complexity index is 1070. The number of hydrogen-bond donors (Lipinski definition) is 0. The van der Waals surface area contributed by atoms with Crippen molar-refractivity contribution in [2.45, 2.75) is 25.3 Å². The first kappa shape index (κ1) is 18.9. The Labute approximate surface area is 177 Å². The summed E-state index contributed by atoms with van der Waals surface area (Å²) in [7, 11) is 2.15. The van der Waals surface area contributed by atoms with Crippen molar-refractivity contribution >= 4 is 5.91 Å². The quantitative estimate of drug-likeness (QED) is 0.674. The number of fused-ring (bicyclic) bond motifs is 1. The number of carbonyl (C=O) groups excluding carboxylic acids is 1. The van der Waals surface area contributed by atoms with Crippen molar-refractivity contribution in [3.8, 4) is 11.1 Å². The fraction of sp³-hybridized carbons (Fsp3) is 0.320. The van der Waals surface area contributed by atoms with E-state index in [2.05, 4.69) is 16.9 Å². The molecule has 5 nitrogen and oxygen atoms in total. The molecule has 0 saturated carbocycles. The third-order valence-electron chi connectivity index (χ3n) is 6.24. The molecule has 0 radical (unpaired) electrons. The molecule has 1 saturated heterocycles. The van der Waals surface area contributed by atoms with Crippen molar-refractivity contribution in [3.05, 3.63) is 83.4 Å². The minimum atomic E-state index is 0.0709. The zero-order chi connectivity index (χ0) is 20.5. The van der Waals surface area contributed by atoms with E-state index in [1.54, 1.807) is 0 Å². The molecule has 2 aliphatic rings. The molecular formula is C25H26N4O. The van der Waals surface area contributed by atoms with Crippen LogP contribution in [0.15, 0.2) is 60.8 Å². The summed E-state index contributed by atoms with van der Waals surface area (Å²) in [5, 5.41) is 0. The lowest BCUT2D eigenvalue weighted by atomic mass is 9.97. The Hall–Kier alpha value is -3.05. The molecule has 3 aromatic rings. The number of rotatable bonds is 3. The van der Waals surface area contributed by atoms with Crippen LogP contribution < -0.4 is 0 Å². The molecule has 0 bridgehead atoms. The average Bonchev–Trinajstić information content (AvgIpc) is 3.25. The number of aromatic nitrogens is 2. The van der Waals surface area contributed by atoms with Crippen LogP contribution in [0.3, 0.4) is 0 Å². The third kappa shape index (κ3) is 3.61. The van der Waals surface area contributed by atoms with E-state index in [0.29, 0.717) is 19.0 Å². The highest BCUT2D eigenvalue weighted by molar-refractivity contribution is 6.01. The number of carbonyl (C=O) groups is 1. The van der Waals surface area contributed by atoms with Crippen molar-refractivity contribution in [3.63, 3.8) is 0 Å². The van der Waals surface area contributed by atoms with Gasteiger partial charge in [0.05, 0.1) is 5.69 Å². The number of amides is 1. The lowest BCUT2D eigenvalue weighted by Gasteiger charge is -2.29. The minimum absolute atomic E-state index is 0.0709. The van der Waals surface area contributed by atoms with Gasteiger partial charge in [-0.05, 0) is 37.2 Å². The molecule has 1 unspecified atom stereocenters. The first-order valence-electron chi connectivity index (χ1n) is 10.7. The Balaban J connectivity index is 1.37. The van der Waals surface area contributed by atoms with E-state index in [1.807, 2.05) is 65.7 Å². The van der Waals surface area contributed by atoms with Gasteiger partial charge < -0.3 is 9.80 Å². The van der Waals surface area contributed by atoms with Gasteiger partial charge in [-0.1, -0.05) is 48.5 Å². The van der Waals surface area contributed by atoms with Crippen LogP contribution in [-0.2, 0) is 13.0 Å². The second-order valence-corrected chi connectivity index (χ2v) is 8.34. The van der Waals surface area contributed by atoms with Crippen LogP contribution in [0.4, 0.5) is 0 Å². The van der Waals surface area contributed by atoms with E-state index in [9.17, 15) is 4.79 Å². The van der Waals surface area contributed by atoms with E-state index in [4.69, 9.17) is 4.98 Å². The fourth-order valence-corrected chi connectivity index (χ4v) is 4.56. The number of hydrogen-bond acceptors (Lipinski definition) is 4. The van der Waals surface area contributed by atoms with Crippen LogP contribution in [0.1, 0.15) is 39.8 Å². The fourth-order valence-electron chi connectivity index (χ4n) is 4.56. The highest BCUT2D eigenvalue weighted by Crippen LogP contribution is 2.28. The number of likely N-dealkylation sites (N-methyl/N-ethyl adjacent to an activating group) is 1. The number of nitrogens with zero attached hydrogens (tertiary/aromatic N) is 4. The molecule has 1 amide bonds. The number of likely N-dealkylation sites (tertiary alicyclic amines) is 1. The maximum atomic E-state index is 13.4. The summed E-state index contributed by atoms with van der Waals surface area (Å²) >= 11 is 0. The minimum Gasteiger partial charge on any atom is -0.334 e. The summed E-state index contributed by atoms with van der Waals surface area (Å²) in [6.07, 6.45) is 3.85. The molecule has 0 N–H and O–H groups in total. The van der Waals surface area contributed by atoms with Gasteiger partial charge >= 0.3 is 0 Å². The Morgan fingerprint density at radius 3 is 2.63 bits per heavy atom. The molecule has 0 spiro atoms. The zero-order valence-corrected chi connectivity index (χ0v) is 17.3. The Morgan fingerprint density at radius 1 is 1.03 bits per heavy atom. The maximum absolute atomic E-state index is 13.4. The van der Waals surface area contributed by atoms with Gasteiger partial charge in [-0.3, -0.25) is 4.79 Å². The van der Waals surface area contributed by atoms with Gasteiger partial charge in [0, 0.05) is 49.3 Å². The van der Waals surface area contributed by atoms with Crippen LogP contribution in [0, 0.1) is 0 Å². The van der Waals surface area contributed by atoms with Crippen LogP contribution in [0.25, 0.3) is 11.1 Å². The maximum Gasteiger partial charge on any atom is 0.254 e. The lowest BCUT2D eigenvalue weighted by molar-refractivity contribution is 0.0734. The van der Waals surface area contributed by atoms with Crippen molar-refractivity contribution in [2.75, 3.05) is 26.7 Å². The summed E-state index contributed by atoms with van der Waals surface area (Å²) in [6.45, 7) is 3.39. The van der Waals surface area contributed by atoms with Crippen molar-refractivity contribution in [1.82, 2.24) is 19.8 Å². The molecule has 1 fully saturated rings. The average molecular weight is 399 g/mol. The lowest BCUT2D eigenvalue weighted by Crippen LogP contribution is -2.37. The van der Waals surface area contributed by atoms with Crippen LogP contribution in [0.2, 0.25) is 0 Å². The predicted octanol–water partition coefficient (Wildman–Crippen LogP) is 3.76. The summed E-state index contributed by atoms with van der Waals surface area (Å²) in [4.78, 5) is 27.2. The molecule has 30 heavy (non-hydrogen) atoms. The summed E-state index contributed by atoms with van der Waals surface area (Å²) in [5.41, 5.74) is 4.97. The van der Waals surface area contributed by atoms with E-state index in [0.717, 1.165) is 59.7 Å². The topological polar surface area (TPSA) is 49.3 Å². The first-order valence-corrected chi connectivity index (χ1v) is 10.7. The van der Waals surface area contributed by atoms with Gasteiger partial charge in [0.2, 0.25) is 0 Å². The molecule has 5 heteroatoms. The smallest absolute Gasteiger partial charge is 0.254 e. The molecule has 3 heterocycles. The summed E-state index contributed by atoms with van der Waals surface area (Å²) in [6, 6.07) is 18.0. The van der Waals surface area contributed by atoms with Gasteiger partial charge in [0.25, 0.3) is 5.91 Å². The van der Waals surface area contributed by atoms with Gasteiger partial charge in [-0.15, -0.1) is 0 Å². The Kier molecular flexibility index (Phi) is 5.05. The molecular weight excluding hydrogens is 372 g/mol. The second-order valence-electron chi connectivity index (χ2n) is 8.34. The van der Waals surface area contributed by atoms with Crippen LogP contribution in [-0.4, -0.2) is 52.4 Å². The van der Waals surface area contributed by atoms with Crippen molar-refractivity contribution in [1.29, 1.82) is 0 Å². The first-order chi connectivity index (χ1) is 14.7. The van der Waals surface area contributed by atoms with Crippen LogP contribution in [0.5, 0.6) is 0 Å². The van der Waals surface area contributed by atoms with Crippen molar-refractivity contribution in [2.24, 2.45) is 0 Å². The zero-order valence-electron chi connectivity index (χ0n) is 17.3. The molecule has 2 aromatic carbocycles. The molecule has 2 aliphatic heterocycles. The van der Waals surface area contributed by atoms with Crippen LogP contribution >= 0.6 is 0 Å². The van der Waals surface area contributed by atoms with Gasteiger partial charge in [-0.25, -0.2) is 9.97 Å². The predicted molar refractivity (Wildman–Crippen MR) is 117 cm³/mol. The standard InChI is InChI=1S/C25H26N4O/c1-28-13-11-19(16-28)24-26-15-20-17-29(14-12-23(20)27-24)25(30)22-10-6-5-9-21(22)18-7-3-2-4-8-18/h2-10,15,19H,11-14,16-17H2,1H3. The van der Waals surface area contributed by atoms with Gasteiger partial charge in [0.1, 0.15) is 5.82 Å². The second kappa shape index (κ2) is 8.00. The van der Waals surface area contributed by atoms with E-state index in [-0.39, 0.29) is 5.91 Å². The van der Waals surface area contributed by atoms with E-state index in [1.165, 1.54) is 0 Å². The van der Waals surface area contributed by atoms with E-state index < -0.39 is 0 Å². The summed E-state index contributed by atoms with van der Waals surface area (Å²) in [5.74, 6) is 1.46. The summed E-state index contributed by atoms with van der Waals surface area (Å²) < 4.78 is 0. The van der Waals surface area contributed by atoms with E-state index >= 15 is 0 Å². The monoisotopic (exact) mass is 398 g/mol. The largest absolute Gasteiger partial charge is 0.334 e. The van der Waals surface area contributed by atoms with Crippen molar-refractivity contribution < 1.29 is 4.79 Å². The molecule has 152 valence electrons. The molecule has 0 aliphatic carbocycles. The molecule has 5 rings (SSSR count).